The molecule has 2 aromatic carbocycles. The van der Waals surface area contributed by atoms with Crippen LogP contribution in [0.5, 0.6) is 5.75 Å². The first-order valence-corrected chi connectivity index (χ1v) is 6.95. The second kappa shape index (κ2) is 5.39. The highest BCUT2D eigenvalue weighted by molar-refractivity contribution is 6.32. The zero-order valence-electron chi connectivity index (χ0n) is 11.7. The van der Waals surface area contributed by atoms with Gasteiger partial charge < -0.3 is 9.84 Å². The van der Waals surface area contributed by atoms with Crippen molar-refractivity contribution in [1.82, 2.24) is 0 Å². The molecule has 0 bridgehead atoms. The van der Waals surface area contributed by atoms with Gasteiger partial charge in [-0.1, -0.05) is 29.8 Å². The lowest BCUT2D eigenvalue weighted by Gasteiger charge is -2.35. The zero-order valence-corrected chi connectivity index (χ0v) is 12.5. The van der Waals surface area contributed by atoms with Crippen molar-refractivity contribution in [2.24, 2.45) is 4.99 Å². The Labute approximate surface area is 128 Å². The number of para-hydroxylation sites is 2. The third-order valence-electron chi connectivity index (χ3n) is 3.51. The lowest BCUT2D eigenvalue weighted by Crippen LogP contribution is -2.35. The zero-order chi connectivity index (χ0) is 15.0. The van der Waals surface area contributed by atoms with E-state index in [0.717, 1.165) is 5.69 Å². The molecule has 2 aromatic rings. The SMILES string of the molecule is COc1ccccc1N1C(C)=Nc2cccc(Cl)c2C1O. The number of aliphatic hydroxyl groups is 1. The van der Waals surface area contributed by atoms with Gasteiger partial charge in [0.2, 0.25) is 0 Å². The van der Waals surface area contributed by atoms with E-state index in [0.29, 0.717) is 27.9 Å². The molecule has 0 saturated carbocycles. The molecule has 0 amide bonds. The van der Waals surface area contributed by atoms with Crippen molar-refractivity contribution in [1.29, 1.82) is 0 Å². The quantitative estimate of drug-likeness (QED) is 0.915. The Hall–Kier alpha value is -2.04. The lowest BCUT2D eigenvalue weighted by molar-refractivity contribution is 0.186. The van der Waals surface area contributed by atoms with E-state index in [1.807, 2.05) is 43.3 Å². The molecule has 0 aromatic heterocycles. The molecule has 0 fully saturated rings. The first-order valence-electron chi connectivity index (χ1n) is 6.57. The van der Waals surface area contributed by atoms with Crippen molar-refractivity contribution < 1.29 is 9.84 Å². The van der Waals surface area contributed by atoms with Gasteiger partial charge in [-0.25, -0.2) is 4.99 Å². The Kier molecular flexibility index (Phi) is 3.57. The number of methoxy groups -OCH3 is 1. The molecular weight excluding hydrogens is 288 g/mol. The van der Waals surface area contributed by atoms with Crippen molar-refractivity contribution >= 4 is 28.8 Å². The van der Waals surface area contributed by atoms with Gasteiger partial charge in [-0.15, -0.1) is 0 Å². The van der Waals surface area contributed by atoms with Crippen LogP contribution in [-0.4, -0.2) is 18.1 Å². The van der Waals surface area contributed by atoms with Gasteiger partial charge in [0.25, 0.3) is 0 Å². The van der Waals surface area contributed by atoms with Gasteiger partial charge in [-0.3, -0.25) is 4.90 Å². The van der Waals surface area contributed by atoms with Crippen LogP contribution in [0, 0.1) is 0 Å². The highest BCUT2D eigenvalue weighted by Gasteiger charge is 2.30. The number of ether oxygens (including phenoxy) is 1. The number of nitrogens with zero attached hydrogens (tertiary/aromatic N) is 2. The normalized spacial score (nSPS) is 17.2. The monoisotopic (exact) mass is 302 g/mol. The summed E-state index contributed by atoms with van der Waals surface area (Å²) in [6.07, 6.45) is -0.900. The van der Waals surface area contributed by atoms with Crippen molar-refractivity contribution in [3.05, 3.63) is 53.1 Å². The summed E-state index contributed by atoms with van der Waals surface area (Å²) in [6, 6.07) is 12.9. The third-order valence-corrected chi connectivity index (χ3v) is 3.84. The summed E-state index contributed by atoms with van der Waals surface area (Å²) in [5, 5.41) is 11.2. The van der Waals surface area contributed by atoms with Crippen LogP contribution >= 0.6 is 11.6 Å². The molecule has 21 heavy (non-hydrogen) atoms. The molecule has 0 saturated heterocycles. The fourth-order valence-electron chi connectivity index (χ4n) is 2.55. The Balaban J connectivity index is 2.16. The van der Waals surface area contributed by atoms with E-state index >= 15 is 0 Å². The lowest BCUT2D eigenvalue weighted by atomic mass is 10.1. The molecule has 1 heterocycles. The van der Waals surface area contributed by atoms with Gasteiger partial charge >= 0.3 is 0 Å². The first kappa shape index (κ1) is 13.9. The number of hydrogen-bond donors (Lipinski definition) is 1. The molecule has 1 aliphatic rings. The van der Waals surface area contributed by atoms with Crippen molar-refractivity contribution in [2.45, 2.75) is 13.2 Å². The smallest absolute Gasteiger partial charge is 0.162 e. The maximum absolute atomic E-state index is 10.8. The summed E-state index contributed by atoms with van der Waals surface area (Å²) in [5.74, 6) is 1.35. The summed E-state index contributed by atoms with van der Waals surface area (Å²) in [6.45, 7) is 1.85. The Morgan fingerprint density at radius 3 is 2.71 bits per heavy atom. The molecule has 0 aliphatic carbocycles. The van der Waals surface area contributed by atoms with Gasteiger partial charge in [0.1, 0.15) is 11.6 Å². The highest BCUT2D eigenvalue weighted by atomic mass is 35.5. The van der Waals surface area contributed by atoms with Crippen LogP contribution in [0.4, 0.5) is 11.4 Å². The van der Waals surface area contributed by atoms with Crippen LogP contribution in [-0.2, 0) is 0 Å². The number of halogens is 1. The Morgan fingerprint density at radius 1 is 1.19 bits per heavy atom. The van der Waals surface area contributed by atoms with Crippen LogP contribution in [0.2, 0.25) is 5.02 Å². The molecule has 1 unspecified atom stereocenters. The first-order chi connectivity index (χ1) is 10.1. The van der Waals surface area contributed by atoms with Crippen LogP contribution in [0.15, 0.2) is 47.5 Å². The molecule has 1 N–H and O–H groups in total. The second-order valence-corrected chi connectivity index (χ2v) is 5.15. The molecule has 0 spiro atoms. The largest absolute Gasteiger partial charge is 0.495 e. The fraction of sp³-hybridized carbons (Fsp3) is 0.188. The summed E-state index contributed by atoms with van der Waals surface area (Å²) < 4.78 is 5.37. The maximum Gasteiger partial charge on any atom is 0.162 e. The molecule has 4 nitrogen and oxygen atoms in total. The Morgan fingerprint density at radius 2 is 1.95 bits per heavy atom. The predicted molar refractivity (Wildman–Crippen MR) is 84.7 cm³/mol. The number of rotatable bonds is 2. The van der Waals surface area contributed by atoms with Gasteiger partial charge in [-0.05, 0) is 31.2 Å². The van der Waals surface area contributed by atoms with E-state index in [2.05, 4.69) is 4.99 Å². The average molecular weight is 303 g/mol. The fourth-order valence-corrected chi connectivity index (χ4v) is 2.81. The molecule has 108 valence electrons. The maximum atomic E-state index is 10.8. The van der Waals surface area contributed by atoms with E-state index in [-0.39, 0.29) is 0 Å². The summed E-state index contributed by atoms with van der Waals surface area (Å²) in [7, 11) is 1.60. The van der Waals surface area contributed by atoms with Gasteiger partial charge in [0.05, 0.1) is 23.5 Å². The predicted octanol–water partition coefficient (Wildman–Crippen LogP) is 3.91. The molecule has 1 atom stereocenters. The molecule has 0 radical (unpaired) electrons. The van der Waals surface area contributed by atoms with E-state index in [4.69, 9.17) is 16.3 Å². The number of anilines is 1. The average Bonchev–Trinajstić information content (AvgIpc) is 2.47. The molecule has 3 rings (SSSR count). The number of hydrogen-bond acceptors (Lipinski definition) is 4. The summed E-state index contributed by atoms with van der Waals surface area (Å²) >= 11 is 6.22. The van der Waals surface area contributed by atoms with Crippen molar-refractivity contribution in [3.63, 3.8) is 0 Å². The van der Waals surface area contributed by atoms with E-state index < -0.39 is 6.23 Å². The summed E-state index contributed by atoms with van der Waals surface area (Å²) in [5.41, 5.74) is 2.05. The number of benzene rings is 2. The molecule has 5 heteroatoms. The van der Waals surface area contributed by atoms with E-state index in [1.54, 1.807) is 18.1 Å². The minimum absolute atomic E-state index is 0.496. The highest BCUT2D eigenvalue weighted by Crippen LogP contribution is 2.42. The van der Waals surface area contributed by atoms with E-state index in [9.17, 15) is 5.11 Å². The van der Waals surface area contributed by atoms with Crippen molar-refractivity contribution in [2.75, 3.05) is 12.0 Å². The van der Waals surface area contributed by atoms with Gasteiger partial charge in [0, 0.05) is 5.56 Å². The number of aliphatic imine (C=N–C) groups is 1. The second-order valence-electron chi connectivity index (χ2n) is 4.75. The molecular formula is C16H15ClN2O2. The minimum Gasteiger partial charge on any atom is -0.495 e. The van der Waals surface area contributed by atoms with Gasteiger partial charge in [-0.2, -0.15) is 0 Å². The summed E-state index contributed by atoms with van der Waals surface area (Å²) in [4.78, 5) is 6.25. The van der Waals surface area contributed by atoms with Crippen molar-refractivity contribution in [3.8, 4) is 5.75 Å². The van der Waals surface area contributed by atoms with Crippen LogP contribution in [0.1, 0.15) is 18.7 Å². The van der Waals surface area contributed by atoms with Crippen LogP contribution < -0.4 is 9.64 Å². The third kappa shape index (κ3) is 2.26. The standard InChI is InChI=1S/C16H15ClN2O2/c1-10-18-12-7-5-6-11(17)15(12)16(20)19(10)13-8-3-4-9-14(13)21-2/h3-9,16,20H,1-2H3. The number of amidine groups is 1. The number of fused-ring (bicyclic) bond motifs is 1. The van der Waals surface area contributed by atoms with Gasteiger partial charge in [0.15, 0.2) is 6.23 Å². The van der Waals surface area contributed by atoms with Crippen LogP contribution in [0.3, 0.4) is 0 Å². The number of aliphatic hydroxyl groups excluding tert-OH is 1. The van der Waals surface area contributed by atoms with Crippen LogP contribution in [0.25, 0.3) is 0 Å². The van der Waals surface area contributed by atoms with E-state index in [1.165, 1.54) is 0 Å². The molecule has 1 aliphatic heterocycles. The topological polar surface area (TPSA) is 45.1 Å². The minimum atomic E-state index is -0.900. The Bertz CT molecular complexity index is 715.